The number of rotatable bonds is 9. The maximum absolute atomic E-state index is 11.6. The zero-order chi connectivity index (χ0) is 15.9. The van der Waals surface area contributed by atoms with Crippen LogP contribution in [0.3, 0.4) is 0 Å². The lowest BCUT2D eigenvalue weighted by Crippen LogP contribution is -2.56. The number of carbonyl (C=O) groups excluding carboxylic acids is 1. The molecule has 0 heterocycles. The summed E-state index contributed by atoms with van der Waals surface area (Å²) in [6.45, 7) is 2.51. The van der Waals surface area contributed by atoms with Crippen LogP contribution in [0.25, 0.3) is 0 Å². The van der Waals surface area contributed by atoms with Gasteiger partial charge in [0.15, 0.2) is 0 Å². The van der Waals surface area contributed by atoms with Gasteiger partial charge in [0.2, 0.25) is 0 Å². The zero-order valence-electron chi connectivity index (χ0n) is 11.8. The van der Waals surface area contributed by atoms with Crippen LogP contribution < -0.4 is 11.1 Å². The van der Waals surface area contributed by atoms with Crippen molar-refractivity contribution >= 4 is 5.91 Å². The van der Waals surface area contributed by atoms with E-state index in [0.29, 0.717) is 6.42 Å². The molecule has 0 spiro atoms. The van der Waals surface area contributed by atoms with Crippen molar-refractivity contribution < 1.29 is 30.3 Å². The highest BCUT2D eigenvalue weighted by atomic mass is 16.3. The SMILES string of the molecule is CC(C)CC(O)C(O)C(CO)NC(=O)C(O)C(N)CO. The van der Waals surface area contributed by atoms with Crippen molar-refractivity contribution in [2.75, 3.05) is 13.2 Å². The summed E-state index contributed by atoms with van der Waals surface area (Å²) in [6.07, 6.45) is -3.85. The van der Waals surface area contributed by atoms with Crippen LogP contribution in [0.4, 0.5) is 0 Å². The largest absolute Gasteiger partial charge is 0.395 e. The molecule has 0 rings (SSSR count). The first-order valence-corrected chi connectivity index (χ1v) is 6.56. The third kappa shape index (κ3) is 6.12. The monoisotopic (exact) mass is 294 g/mol. The normalized spacial score (nSPS) is 19.2. The standard InChI is InChI=1S/C12H26N2O6/c1-6(2)3-9(17)11(19)8(5-16)14-12(20)10(18)7(13)4-15/h6-11,15-19H,3-5,13H2,1-2H3,(H,14,20). The Hall–Kier alpha value is -0.770. The molecule has 8 N–H and O–H groups in total. The van der Waals surface area contributed by atoms with Crippen LogP contribution in [-0.4, -0.2) is 75.0 Å². The van der Waals surface area contributed by atoms with E-state index in [2.05, 4.69) is 5.32 Å². The van der Waals surface area contributed by atoms with Crippen molar-refractivity contribution in [2.24, 2.45) is 11.7 Å². The number of hydrogen-bond acceptors (Lipinski definition) is 7. The summed E-state index contributed by atoms with van der Waals surface area (Å²) in [5.41, 5.74) is 5.30. The fourth-order valence-electron chi connectivity index (χ4n) is 1.69. The number of aliphatic hydroxyl groups is 5. The summed E-state index contributed by atoms with van der Waals surface area (Å²) < 4.78 is 0. The van der Waals surface area contributed by atoms with Gasteiger partial charge in [-0.25, -0.2) is 0 Å². The van der Waals surface area contributed by atoms with Gasteiger partial charge in [0.25, 0.3) is 5.91 Å². The molecule has 0 saturated carbocycles. The van der Waals surface area contributed by atoms with E-state index in [9.17, 15) is 20.1 Å². The van der Waals surface area contributed by atoms with Crippen molar-refractivity contribution in [3.05, 3.63) is 0 Å². The Morgan fingerprint density at radius 3 is 2.10 bits per heavy atom. The van der Waals surface area contributed by atoms with E-state index in [1.807, 2.05) is 13.8 Å². The predicted molar refractivity (Wildman–Crippen MR) is 71.6 cm³/mol. The van der Waals surface area contributed by atoms with Gasteiger partial charge in [-0.2, -0.15) is 0 Å². The highest BCUT2D eigenvalue weighted by Crippen LogP contribution is 2.11. The van der Waals surface area contributed by atoms with Gasteiger partial charge < -0.3 is 36.6 Å². The van der Waals surface area contributed by atoms with Crippen LogP contribution >= 0.6 is 0 Å². The Balaban J connectivity index is 4.57. The molecule has 0 aliphatic rings. The van der Waals surface area contributed by atoms with E-state index >= 15 is 0 Å². The van der Waals surface area contributed by atoms with Gasteiger partial charge in [0.05, 0.1) is 31.4 Å². The van der Waals surface area contributed by atoms with Crippen molar-refractivity contribution in [2.45, 2.75) is 50.7 Å². The number of amides is 1. The molecular weight excluding hydrogens is 268 g/mol. The molecule has 0 aliphatic heterocycles. The quantitative estimate of drug-likeness (QED) is 0.237. The molecule has 1 amide bonds. The molecule has 0 aromatic rings. The molecule has 20 heavy (non-hydrogen) atoms. The lowest BCUT2D eigenvalue weighted by Gasteiger charge is -2.28. The average molecular weight is 294 g/mol. The van der Waals surface area contributed by atoms with Gasteiger partial charge in [0, 0.05) is 0 Å². The molecule has 5 unspecified atom stereocenters. The van der Waals surface area contributed by atoms with Crippen molar-refractivity contribution in [3.63, 3.8) is 0 Å². The van der Waals surface area contributed by atoms with Crippen LogP contribution in [0, 0.1) is 5.92 Å². The Kier molecular flexibility index (Phi) is 8.86. The van der Waals surface area contributed by atoms with Gasteiger partial charge in [0.1, 0.15) is 12.2 Å². The minimum absolute atomic E-state index is 0.128. The average Bonchev–Trinajstić information content (AvgIpc) is 2.40. The summed E-state index contributed by atoms with van der Waals surface area (Å²) >= 11 is 0. The molecule has 0 aromatic carbocycles. The number of hydrogen-bond donors (Lipinski definition) is 7. The molecule has 0 radical (unpaired) electrons. The fourth-order valence-corrected chi connectivity index (χ4v) is 1.69. The first-order chi connectivity index (χ1) is 9.24. The maximum atomic E-state index is 11.6. The topological polar surface area (TPSA) is 156 Å². The Bertz CT molecular complexity index is 289. The molecule has 0 aromatic heterocycles. The van der Waals surface area contributed by atoms with Gasteiger partial charge in [-0.3, -0.25) is 4.79 Å². The van der Waals surface area contributed by atoms with E-state index in [0.717, 1.165) is 0 Å². The molecule has 0 saturated heterocycles. The van der Waals surface area contributed by atoms with Crippen LogP contribution in [0.2, 0.25) is 0 Å². The second kappa shape index (κ2) is 9.22. The van der Waals surface area contributed by atoms with E-state index in [-0.39, 0.29) is 5.92 Å². The Morgan fingerprint density at radius 1 is 1.15 bits per heavy atom. The number of aliphatic hydroxyl groups excluding tert-OH is 5. The van der Waals surface area contributed by atoms with Crippen LogP contribution in [0.15, 0.2) is 0 Å². The predicted octanol–water partition coefficient (Wildman–Crippen LogP) is -3.09. The molecule has 120 valence electrons. The van der Waals surface area contributed by atoms with Crippen molar-refractivity contribution in [1.29, 1.82) is 0 Å². The van der Waals surface area contributed by atoms with E-state index in [1.165, 1.54) is 0 Å². The van der Waals surface area contributed by atoms with E-state index in [1.54, 1.807) is 0 Å². The molecule has 0 fully saturated rings. The van der Waals surface area contributed by atoms with Crippen molar-refractivity contribution in [1.82, 2.24) is 5.32 Å². The second-order valence-electron chi connectivity index (χ2n) is 5.28. The number of nitrogens with two attached hydrogens (primary N) is 1. The Morgan fingerprint density at radius 2 is 1.70 bits per heavy atom. The number of carbonyl (C=O) groups is 1. The summed E-state index contributed by atoms with van der Waals surface area (Å²) in [6, 6.07) is -2.29. The number of nitrogens with one attached hydrogen (secondary N) is 1. The first-order valence-electron chi connectivity index (χ1n) is 6.56. The van der Waals surface area contributed by atoms with Crippen LogP contribution in [-0.2, 0) is 4.79 Å². The van der Waals surface area contributed by atoms with Gasteiger partial charge >= 0.3 is 0 Å². The van der Waals surface area contributed by atoms with E-state index in [4.69, 9.17) is 15.9 Å². The maximum Gasteiger partial charge on any atom is 0.250 e. The van der Waals surface area contributed by atoms with Gasteiger partial charge in [-0.15, -0.1) is 0 Å². The smallest absolute Gasteiger partial charge is 0.250 e. The third-order valence-electron chi connectivity index (χ3n) is 2.93. The fraction of sp³-hybridized carbons (Fsp3) is 0.917. The third-order valence-corrected chi connectivity index (χ3v) is 2.93. The lowest BCUT2D eigenvalue weighted by atomic mass is 9.97. The Labute approximate surface area is 118 Å². The summed E-state index contributed by atoms with van der Waals surface area (Å²) in [5, 5.41) is 49.2. The van der Waals surface area contributed by atoms with Crippen molar-refractivity contribution in [3.8, 4) is 0 Å². The molecule has 0 bridgehead atoms. The summed E-state index contributed by atoms with van der Waals surface area (Å²) in [7, 11) is 0. The molecule has 5 atom stereocenters. The minimum atomic E-state index is -1.66. The second-order valence-corrected chi connectivity index (χ2v) is 5.28. The van der Waals surface area contributed by atoms with Gasteiger partial charge in [-0.1, -0.05) is 13.8 Å². The zero-order valence-corrected chi connectivity index (χ0v) is 11.8. The first kappa shape index (κ1) is 19.2. The van der Waals surface area contributed by atoms with E-state index < -0.39 is 49.5 Å². The lowest BCUT2D eigenvalue weighted by molar-refractivity contribution is -0.134. The molecular formula is C12H26N2O6. The molecule has 8 nitrogen and oxygen atoms in total. The highest BCUT2D eigenvalue weighted by molar-refractivity contribution is 5.81. The van der Waals surface area contributed by atoms with Crippen LogP contribution in [0.5, 0.6) is 0 Å². The summed E-state index contributed by atoms with van der Waals surface area (Å²) in [5.74, 6) is -0.801. The van der Waals surface area contributed by atoms with Gasteiger partial charge in [-0.05, 0) is 12.3 Å². The molecule has 0 aliphatic carbocycles. The summed E-state index contributed by atoms with van der Waals surface area (Å²) in [4.78, 5) is 11.6. The minimum Gasteiger partial charge on any atom is -0.395 e. The highest BCUT2D eigenvalue weighted by Gasteiger charge is 2.31. The molecule has 8 heteroatoms. The van der Waals surface area contributed by atoms with Crippen LogP contribution in [0.1, 0.15) is 20.3 Å².